The van der Waals surface area contributed by atoms with Crippen LogP contribution in [0.2, 0.25) is 0 Å². The number of likely N-dealkylation sites (tertiary alicyclic amines) is 1. The minimum absolute atomic E-state index is 0.149. The Kier molecular flexibility index (Phi) is 5.48. The van der Waals surface area contributed by atoms with E-state index in [1.54, 1.807) is 7.11 Å². The second-order valence-electron chi connectivity index (χ2n) is 7.11. The van der Waals surface area contributed by atoms with E-state index in [1.165, 1.54) is 22.7 Å². The predicted molar refractivity (Wildman–Crippen MR) is 110 cm³/mol. The van der Waals surface area contributed by atoms with E-state index < -0.39 is 0 Å². The number of rotatable bonds is 6. The van der Waals surface area contributed by atoms with Gasteiger partial charge in [0.1, 0.15) is 11.4 Å². The molecule has 146 valence electrons. The molecule has 0 aliphatic carbocycles. The van der Waals surface area contributed by atoms with Crippen LogP contribution in [-0.4, -0.2) is 48.4 Å². The molecule has 5 nitrogen and oxygen atoms in total. The fourth-order valence-corrected chi connectivity index (χ4v) is 4.62. The number of carbonyl (C=O) groups is 2. The van der Waals surface area contributed by atoms with Crippen LogP contribution in [-0.2, 0) is 16.0 Å². The molecule has 28 heavy (non-hydrogen) atoms. The molecular weight excluding hydrogens is 372 g/mol. The van der Waals surface area contributed by atoms with Crippen LogP contribution in [0, 0.1) is 0 Å². The number of carbonyl (C=O) groups excluding carboxylic acids is 2. The molecule has 3 heterocycles. The van der Waals surface area contributed by atoms with E-state index in [9.17, 15) is 9.59 Å². The fourth-order valence-electron chi connectivity index (χ4n) is 3.85. The van der Waals surface area contributed by atoms with E-state index in [1.807, 2.05) is 41.8 Å². The van der Waals surface area contributed by atoms with Crippen molar-refractivity contribution in [1.29, 1.82) is 0 Å². The molecule has 0 saturated carbocycles. The third-order valence-corrected chi connectivity index (χ3v) is 6.25. The maximum atomic E-state index is 13.2. The summed E-state index contributed by atoms with van der Waals surface area (Å²) in [6, 6.07) is 11.6. The molecule has 4 rings (SSSR count). The Bertz CT molecular complexity index is 881. The summed E-state index contributed by atoms with van der Waals surface area (Å²) in [5, 5.41) is 1.95. The summed E-state index contributed by atoms with van der Waals surface area (Å²) in [6.45, 7) is 2.07. The van der Waals surface area contributed by atoms with Crippen molar-refractivity contribution in [3.8, 4) is 5.75 Å². The number of hydrogen-bond acceptors (Lipinski definition) is 5. The van der Waals surface area contributed by atoms with Crippen LogP contribution in [0.4, 0.5) is 0 Å². The highest BCUT2D eigenvalue weighted by atomic mass is 32.1. The molecule has 2 amide bonds. The van der Waals surface area contributed by atoms with E-state index in [4.69, 9.17) is 4.74 Å². The second kappa shape index (κ2) is 8.19. The van der Waals surface area contributed by atoms with Crippen LogP contribution in [0.5, 0.6) is 5.75 Å². The molecule has 2 aliphatic heterocycles. The molecule has 0 radical (unpaired) electrons. The number of imide groups is 1. The average Bonchev–Trinajstić information content (AvgIpc) is 3.34. The lowest BCUT2D eigenvalue weighted by Gasteiger charge is -2.29. The van der Waals surface area contributed by atoms with Crippen LogP contribution in [0.15, 0.2) is 47.5 Å². The van der Waals surface area contributed by atoms with E-state index >= 15 is 0 Å². The third kappa shape index (κ3) is 3.56. The zero-order valence-corrected chi connectivity index (χ0v) is 16.8. The lowest BCUT2D eigenvalue weighted by molar-refractivity contribution is -0.137. The summed E-state index contributed by atoms with van der Waals surface area (Å²) in [4.78, 5) is 30.8. The van der Waals surface area contributed by atoms with E-state index in [0.29, 0.717) is 24.2 Å². The van der Waals surface area contributed by atoms with Gasteiger partial charge in [0, 0.05) is 24.5 Å². The average molecular weight is 397 g/mol. The van der Waals surface area contributed by atoms with Gasteiger partial charge < -0.3 is 9.64 Å². The maximum Gasteiger partial charge on any atom is 0.277 e. The van der Waals surface area contributed by atoms with E-state index in [0.717, 1.165) is 42.1 Å². The normalized spacial score (nSPS) is 17.6. The summed E-state index contributed by atoms with van der Waals surface area (Å²) >= 11 is 1.52. The molecule has 0 unspecified atom stereocenters. The molecule has 1 aromatic carbocycles. The molecule has 0 atom stereocenters. The first-order valence-corrected chi connectivity index (χ1v) is 10.6. The highest BCUT2D eigenvalue weighted by Gasteiger charge is 2.41. The van der Waals surface area contributed by atoms with Crippen LogP contribution in [0.1, 0.15) is 29.7 Å². The first-order chi connectivity index (χ1) is 13.7. The van der Waals surface area contributed by atoms with Crippen molar-refractivity contribution in [2.24, 2.45) is 0 Å². The molecular formula is C22H24N2O3S. The van der Waals surface area contributed by atoms with Crippen molar-refractivity contribution < 1.29 is 14.3 Å². The summed E-state index contributed by atoms with van der Waals surface area (Å²) in [6.07, 6.45) is 3.94. The van der Waals surface area contributed by atoms with Gasteiger partial charge >= 0.3 is 0 Å². The van der Waals surface area contributed by atoms with Crippen molar-refractivity contribution >= 4 is 28.7 Å². The molecule has 6 heteroatoms. The van der Waals surface area contributed by atoms with Crippen LogP contribution < -0.4 is 4.74 Å². The molecule has 1 fully saturated rings. The van der Waals surface area contributed by atoms with Crippen molar-refractivity contribution in [3.63, 3.8) is 0 Å². The second-order valence-corrected chi connectivity index (χ2v) is 8.06. The highest BCUT2D eigenvalue weighted by Crippen LogP contribution is 2.35. The number of nitrogens with zero attached hydrogens (tertiary/aromatic N) is 2. The Morgan fingerprint density at radius 1 is 1.00 bits per heavy atom. The zero-order valence-electron chi connectivity index (χ0n) is 16.0. The molecule has 2 aliphatic rings. The SMILES string of the molecule is COc1ccc(CCN2C(=O)C(c3cccs3)=C(N3CCCCC3)C2=O)cc1. The van der Waals surface area contributed by atoms with Gasteiger partial charge in [0.15, 0.2) is 0 Å². The van der Waals surface area contributed by atoms with Crippen molar-refractivity contribution in [3.05, 3.63) is 57.9 Å². The minimum atomic E-state index is -0.165. The van der Waals surface area contributed by atoms with Crippen molar-refractivity contribution in [2.75, 3.05) is 26.7 Å². The number of piperidine rings is 1. The first kappa shape index (κ1) is 18.7. The number of benzene rings is 1. The fraction of sp³-hybridized carbons (Fsp3) is 0.364. The Morgan fingerprint density at radius 2 is 1.75 bits per heavy atom. The van der Waals surface area contributed by atoms with Crippen LogP contribution in [0.25, 0.3) is 5.57 Å². The number of amides is 2. The largest absolute Gasteiger partial charge is 0.497 e. The molecule has 0 bridgehead atoms. The van der Waals surface area contributed by atoms with Gasteiger partial charge in [-0.05, 0) is 54.8 Å². The standard InChI is InChI=1S/C22H24N2O3S/c1-27-17-9-7-16(8-10-17)11-14-24-21(25)19(18-6-5-15-28-18)20(22(24)26)23-12-3-2-4-13-23/h5-10,15H,2-4,11-14H2,1H3. The summed E-state index contributed by atoms with van der Waals surface area (Å²) in [5.74, 6) is 0.483. The number of hydrogen-bond donors (Lipinski definition) is 0. The number of methoxy groups -OCH3 is 1. The number of ether oxygens (including phenoxy) is 1. The molecule has 2 aromatic rings. The molecule has 1 aromatic heterocycles. The van der Waals surface area contributed by atoms with Gasteiger partial charge in [-0.25, -0.2) is 0 Å². The van der Waals surface area contributed by atoms with Gasteiger partial charge in [0.05, 0.1) is 12.7 Å². The van der Waals surface area contributed by atoms with Crippen LogP contribution in [0.3, 0.4) is 0 Å². The monoisotopic (exact) mass is 396 g/mol. The Labute approximate surface area is 169 Å². The molecule has 1 saturated heterocycles. The lowest BCUT2D eigenvalue weighted by atomic mass is 10.1. The van der Waals surface area contributed by atoms with E-state index in [-0.39, 0.29) is 11.8 Å². The zero-order chi connectivity index (χ0) is 19.5. The van der Waals surface area contributed by atoms with Gasteiger partial charge in [0.25, 0.3) is 11.8 Å². The minimum Gasteiger partial charge on any atom is -0.497 e. The molecule has 0 N–H and O–H groups in total. The summed E-state index contributed by atoms with van der Waals surface area (Å²) in [5.41, 5.74) is 2.25. The van der Waals surface area contributed by atoms with Gasteiger partial charge in [0.2, 0.25) is 0 Å². The van der Waals surface area contributed by atoms with Crippen LogP contribution >= 0.6 is 11.3 Å². The van der Waals surface area contributed by atoms with Gasteiger partial charge in [-0.2, -0.15) is 0 Å². The highest BCUT2D eigenvalue weighted by molar-refractivity contribution is 7.11. The van der Waals surface area contributed by atoms with Crippen molar-refractivity contribution in [2.45, 2.75) is 25.7 Å². The van der Waals surface area contributed by atoms with E-state index in [2.05, 4.69) is 4.90 Å². The summed E-state index contributed by atoms with van der Waals surface area (Å²) < 4.78 is 5.19. The Hall–Kier alpha value is -2.60. The maximum absolute atomic E-state index is 13.2. The van der Waals surface area contributed by atoms with Crippen molar-refractivity contribution in [1.82, 2.24) is 9.80 Å². The van der Waals surface area contributed by atoms with Gasteiger partial charge in [-0.3, -0.25) is 14.5 Å². The predicted octanol–water partition coefficient (Wildman–Crippen LogP) is 3.57. The lowest BCUT2D eigenvalue weighted by Crippen LogP contribution is -2.38. The Morgan fingerprint density at radius 3 is 2.39 bits per heavy atom. The third-order valence-electron chi connectivity index (χ3n) is 5.37. The Balaban J connectivity index is 1.57. The molecule has 0 spiro atoms. The quantitative estimate of drug-likeness (QED) is 0.701. The summed E-state index contributed by atoms with van der Waals surface area (Å²) in [7, 11) is 1.64. The smallest absolute Gasteiger partial charge is 0.277 e. The van der Waals surface area contributed by atoms with Gasteiger partial charge in [-0.15, -0.1) is 11.3 Å². The van der Waals surface area contributed by atoms with Gasteiger partial charge in [-0.1, -0.05) is 18.2 Å². The number of thiophene rings is 1. The topological polar surface area (TPSA) is 49.9 Å². The first-order valence-electron chi connectivity index (χ1n) is 9.71.